The molecule has 18 heavy (non-hydrogen) atoms. The van der Waals surface area contributed by atoms with Gasteiger partial charge in [0.15, 0.2) is 11.6 Å². The molecule has 2 rings (SSSR count). The second-order valence-corrected chi connectivity index (χ2v) is 4.40. The molecule has 1 aromatic carbocycles. The Bertz CT molecular complexity index is 395. The lowest BCUT2D eigenvalue weighted by atomic mass is 10.1. The molecule has 0 aromatic heterocycles. The second kappa shape index (κ2) is 6.22. The van der Waals surface area contributed by atoms with E-state index in [4.69, 9.17) is 4.74 Å². The van der Waals surface area contributed by atoms with E-state index < -0.39 is 17.7 Å². The van der Waals surface area contributed by atoms with Crippen LogP contribution < -0.4 is 0 Å². The van der Waals surface area contributed by atoms with Crippen LogP contribution in [0.5, 0.6) is 0 Å². The zero-order valence-electron chi connectivity index (χ0n) is 10.1. The van der Waals surface area contributed by atoms with Crippen LogP contribution in [0.25, 0.3) is 0 Å². The average Bonchev–Trinajstić information content (AvgIpc) is 2.40. The van der Waals surface area contributed by atoms with Crippen molar-refractivity contribution in [2.24, 2.45) is 0 Å². The summed E-state index contributed by atoms with van der Waals surface area (Å²) in [4.78, 5) is 2.14. The van der Waals surface area contributed by atoms with Crippen molar-refractivity contribution in [3.8, 4) is 0 Å². The van der Waals surface area contributed by atoms with Crippen LogP contribution in [0.2, 0.25) is 0 Å². The molecule has 0 spiro atoms. The minimum absolute atomic E-state index is 0.0308. The van der Waals surface area contributed by atoms with Crippen LogP contribution in [-0.2, 0) is 4.74 Å². The predicted molar refractivity (Wildman–Crippen MR) is 63.2 cm³/mol. The first-order valence-corrected chi connectivity index (χ1v) is 6.10. The number of aliphatic hydroxyl groups excluding tert-OH is 1. The minimum Gasteiger partial charge on any atom is -0.388 e. The Morgan fingerprint density at radius 3 is 2.72 bits per heavy atom. The molecule has 1 atom stereocenters. The van der Waals surface area contributed by atoms with E-state index in [-0.39, 0.29) is 5.56 Å². The van der Waals surface area contributed by atoms with Gasteiger partial charge < -0.3 is 9.84 Å². The normalized spacial score (nSPS) is 18.8. The van der Waals surface area contributed by atoms with E-state index in [1.165, 1.54) is 12.1 Å². The maximum absolute atomic E-state index is 13.4. The third kappa shape index (κ3) is 3.25. The maximum atomic E-state index is 13.4. The summed E-state index contributed by atoms with van der Waals surface area (Å²) < 4.78 is 31.7. The first-order chi connectivity index (χ1) is 8.68. The van der Waals surface area contributed by atoms with Crippen LogP contribution in [-0.4, -0.2) is 42.9 Å². The molecule has 0 saturated carbocycles. The Morgan fingerprint density at radius 1 is 1.28 bits per heavy atom. The van der Waals surface area contributed by atoms with E-state index in [2.05, 4.69) is 4.90 Å². The van der Waals surface area contributed by atoms with Crippen molar-refractivity contribution in [3.05, 3.63) is 35.4 Å². The van der Waals surface area contributed by atoms with E-state index in [1.807, 2.05) is 0 Å². The predicted octanol–water partition coefficient (Wildman–Crippen LogP) is 1.72. The number of hydrogen-bond donors (Lipinski definition) is 1. The van der Waals surface area contributed by atoms with Crippen LogP contribution in [0.4, 0.5) is 8.78 Å². The SMILES string of the molecule is OC(CCN1CCOCC1)c1cccc(F)c1F. The molecule has 1 N–H and O–H groups in total. The first kappa shape index (κ1) is 13.4. The second-order valence-electron chi connectivity index (χ2n) is 4.40. The van der Waals surface area contributed by atoms with E-state index in [0.717, 1.165) is 19.2 Å². The summed E-state index contributed by atoms with van der Waals surface area (Å²) in [5, 5.41) is 9.89. The number of morpholine rings is 1. The van der Waals surface area contributed by atoms with Crippen LogP contribution in [0.15, 0.2) is 18.2 Å². The number of rotatable bonds is 4. The maximum Gasteiger partial charge on any atom is 0.164 e. The van der Waals surface area contributed by atoms with E-state index in [1.54, 1.807) is 0 Å². The topological polar surface area (TPSA) is 32.7 Å². The van der Waals surface area contributed by atoms with Gasteiger partial charge in [0.2, 0.25) is 0 Å². The minimum atomic E-state index is -0.969. The number of halogens is 2. The lowest BCUT2D eigenvalue weighted by Crippen LogP contribution is -2.37. The Hall–Kier alpha value is -1.04. The molecular weight excluding hydrogens is 240 g/mol. The zero-order chi connectivity index (χ0) is 13.0. The van der Waals surface area contributed by atoms with Gasteiger partial charge in [-0.15, -0.1) is 0 Å². The summed E-state index contributed by atoms with van der Waals surface area (Å²) in [6, 6.07) is 3.88. The van der Waals surface area contributed by atoms with Crippen LogP contribution >= 0.6 is 0 Å². The van der Waals surface area contributed by atoms with Gasteiger partial charge in [0, 0.05) is 25.2 Å². The highest BCUT2D eigenvalue weighted by molar-refractivity contribution is 5.21. The number of hydrogen-bond acceptors (Lipinski definition) is 3. The third-order valence-electron chi connectivity index (χ3n) is 3.16. The van der Waals surface area contributed by atoms with Crippen molar-refractivity contribution >= 4 is 0 Å². The molecule has 1 saturated heterocycles. The Balaban J connectivity index is 1.90. The van der Waals surface area contributed by atoms with Crippen LogP contribution in [0.3, 0.4) is 0 Å². The van der Waals surface area contributed by atoms with Gasteiger partial charge in [0.05, 0.1) is 19.3 Å². The van der Waals surface area contributed by atoms with E-state index in [9.17, 15) is 13.9 Å². The highest BCUT2D eigenvalue weighted by atomic mass is 19.2. The number of nitrogens with zero attached hydrogens (tertiary/aromatic N) is 1. The van der Waals surface area contributed by atoms with Crippen molar-refractivity contribution in [3.63, 3.8) is 0 Å². The summed E-state index contributed by atoms with van der Waals surface area (Å²) in [7, 11) is 0. The molecular formula is C13H17F2NO2. The van der Waals surface area contributed by atoms with Gasteiger partial charge in [-0.05, 0) is 12.5 Å². The highest BCUT2D eigenvalue weighted by Gasteiger charge is 2.17. The van der Waals surface area contributed by atoms with Crippen molar-refractivity contribution in [2.75, 3.05) is 32.8 Å². The molecule has 5 heteroatoms. The number of benzene rings is 1. The summed E-state index contributed by atoms with van der Waals surface area (Å²) in [5.74, 6) is -1.87. The fourth-order valence-corrected chi connectivity index (χ4v) is 2.06. The molecule has 1 unspecified atom stereocenters. The molecule has 0 bridgehead atoms. The molecule has 3 nitrogen and oxygen atoms in total. The van der Waals surface area contributed by atoms with Crippen LogP contribution in [0, 0.1) is 11.6 Å². The molecule has 1 aromatic rings. The lowest BCUT2D eigenvalue weighted by Gasteiger charge is -2.27. The summed E-state index contributed by atoms with van der Waals surface area (Å²) >= 11 is 0. The van der Waals surface area contributed by atoms with Gasteiger partial charge in [-0.25, -0.2) is 8.78 Å². The van der Waals surface area contributed by atoms with Gasteiger partial charge in [0.25, 0.3) is 0 Å². The highest BCUT2D eigenvalue weighted by Crippen LogP contribution is 2.22. The van der Waals surface area contributed by atoms with Gasteiger partial charge in [-0.3, -0.25) is 4.90 Å². The molecule has 1 heterocycles. The van der Waals surface area contributed by atoms with Gasteiger partial charge >= 0.3 is 0 Å². The van der Waals surface area contributed by atoms with E-state index in [0.29, 0.717) is 26.2 Å². The summed E-state index contributed by atoms with van der Waals surface area (Å²) in [5.41, 5.74) is 0.0308. The monoisotopic (exact) mass is 257 g/mol. The quantitative estimate of drug-likeness (QED) is 0.891. The Kier molecular flexibility index (Phi) is 4.63. The van der Waals surface area contributed by atoms with Crippen molar-refractivity contribution < 1.29 is 18.6 Å². The molecule has 100 valence electrons. The van der Waals surface area contributed by atoms with Crippen molar-refractivity contribution in [1.29, 1.82) is 0 Å². The van der Waals surface area contributed by atoms with Gasteiger partial charge in [-0.1, -0.05) is 12.1 Å². The zero-order valence-corrected chi connectivity index (χ0v) is 10.1. The molecule has 1 aliphatic heterocycles. The average molecular weight is 257 g/mol. The standard InChI is InChI=1S/C13H17F2NO2/c14-11-3-1-2-10(13(11)15)12(17)4-5-16-6-8-18-9-7-16/h1-3,12,17H,4-9H2. The number of ether oxygens (including phenoxy) is 1. The lowest BCUT2D eigenvalue weighted by molar-refractivity contribution is 0.0297. The first-order valence-electron chi connectivity index (χ1n) is 6.10. The summed E-state index contributed by atoms with van der Waals surface area (Å²) in [6.07, 6.45) is -0.580. The van der Waals surface area contributed by atoms with Crippen molar-refractivity contribution in [2.45, 2.75) is 12.5 Å². The van der Waals surface area contributed by atoms with Crippen LogP contribution in [0.1, 0.15) is 18.1 Å². The Morgan fingerprint density at radius 2 is 2.00 bits per heavy atom. The van der Waals surface area contributed by atoms with Gasteiger partial charge in [0.1, 0.15) is 0 Å². The molecule has 1 aliphatic rings. The molecule has 1 fully saturated rings. The van der Waals surface area contributed by atoms with Gasteiger partial charge in [-0.2, -0.15) is 0 Å². The smallest absolute Gasteiger partial charge is 0.164 e. The molecule has 0 amide bonds. The van der Waals surface area contributed by atoms with E-state index >= 15 is 0 Å². The largest absolute Gasteiger partial charge is 0.388 e. The molecule has 0 radical (unpaired) electrons. The Labute approximate surface area is 105 Å². The fraction of sp³-hybridized carbons (Fsp3) is 0.538. The number of aliphatic hydroxyl groups is 1. The van der Waals surface area contributed by atoms with Crippen molar-refractivity contribution in [1.82, 2.24) is 4.90 Å². The molecule has 0 aliphatic carbocycles. The third-order valence-corrected chi connectivity index (χ3v) is 3.16. The fourth-order valence-electron chi connectivity index (χ4n) is 2.06. The summed E-state index contributed by atoms with van der Waals surface area (Å²) in [6.45, 7) is 3.66.